The number of carbonyl (C=O) groups excluding carboxylic acids is 2. The summed E-state index contributed by atoms with van der Waals surface area (Å²) in [4.78, 5) is 27.2. The third kappa shape index (κ3) is 3.65. The van der Waals surface area contributed by atoms with E-state index in [9.17, 15) is 9.59 Å². The van der Waals surface area contributed by atoms with Crippen molar-refractivity contribution in [3.8, 4) is 0 Å². The summed E-state index contributed by atoms with van der Waals surface area (Å²) >= 11 is 0. The number of methoxy groups -OCH3 is 1. The molecule has 1 aromatic carbocycles. The largest absolute Gasteiger partial charge is 0.453 e. The summed E-state index contributed by atoms with van der Waals surface area (Å²) in [6, 6.07) is 8.02. The van der Waals surface area contributed by atoms with Crippen LogP contribution in [0.4, 0.5) is 4.79 Å². The Morgan fingerprint density at radius 2 is 1.84 bits per heavy atom. The summed E-state index contributed by atoms with van der Waals surface area (Å²) < 4.78 is 4.78. The number of nitrogens with zero attached hydrogens (tertiary/aromatic N) is 1. The normalized spacial score (nSPS) is 21.3. The van der Waals surface area contributed by atoms with E-state index in [0.29, 0.717) is 5.92 Å². The molecule has 1 aliphatic carbocycles. The van der Waals surface area contributed by atoms with Crippen molar-refractivity contribution in [2.24, 2.45) is 11.8 Å². The van der Waals surface area contributed by atoms with Gasteiger partial charge in [0.2, 0.25) is 5.91 Å². The molecule has 0 aromatic heterocycles. The van der Waals surface area contributed by atoms with Crippen LogP contribution < -0.4 is 5.32 Å². The molecule has 136 valence electrons. The first kappa shape index (κ1) is 17.8. The monoisotopic (exact) mass is 344 g/mol. The van der Waals surface area contributed by atoms with Gasteiger partial charge in [0, 0.05) is 12.6 Å². The van der Waals surface area contributed by atoms with E-state index in [0.717, 1.165) is 32.2 Å². The zero-order valence-corrected chi connectivity index (χ0v) is 15.3. The van der Waals surface area contributed by atoms with Crippen molar-refractivity contribution in [3.05, 3.63) is 35.4 Å². The molecule has 0 bridgehead atoms. The minimum absolute atomic E-state index is 0.0411. The molecular weight excluding hydrogens is 316 g/mol. The number of hydrogen-bond acceptors (Lipinski definition) is 3. The Hall–Kier alpha value is -2.04. The highest BCUT2D eigenvalue weighted by atomic mass is 16.5. The molecule has 1 unspecified atom stereocenters. The van der Waals surface area contributed by atoms with Crippen LogP contribution in [0.2, 0.25) is 0 Å². The summed E-state index contributed by atoms with van der Waals surface area (Å²) in [6.07, 6.45) is 3.17. The van der Waals surface area contributed by atoms with Crippen LogP contribution in [-0.2, 0) is 22.4 Å². The maximum atomic E-state index is 13.3. The lowest BCUT2D eigenvalue weighted by atomic mass is 9.94. The number of fused-ring (bicyclic) bond motifs is 1. The van der Waals surface area contributed by atoms with Crippen LogP contribution in [0.3, 0.4) is 0 Å². The van der Waals surface area contributed by atoms with Gasteiger partial charge in [-0.1, -0.05) is 38.1 Å². The number of nitrogens with one attached hydrogen (secondary N) is 1. The predicted octanol–water partition coefficient (Wildman–Crippen LogP) is 2.77. The fourth-order valence-corrected chi connectivity index (χ4v) is 4.33. The maximum absolute atomic E-state index is 13.3. The minimum atomic E-state index is -0.533. The third-order valence-corrected chi connectivity index (χ3v) is 5.63. The summed E-state index contributed by atoms with van der Waals surface area (Å²) in [7, 11) is 1.34. The van der Waals surface area contributed by atoms with E-state index in [-0.39, 0.29) is 17.9 Å². The van der Waals surface area contributed by atoms with Crippen molar-refractivity contribution in [2.75, 3.05) is 13.7 Å². The molecule has 3 rings (SSSR count). The number of hydrogen-bond donors (Lipinski definition) is 1. The van der Waals surface area contributed by atoms with Gasteiger partial charge in [-0.05, 0) is 48.6 Å². The molecule has 5 nitrogen and oxygen atoms in total. The topological polar surface area (TPSA) is 58.6 Å². The van der Waals surface area contributed by atoms with Crippen LogP contribution >= 0.6 is 0 Å². The van der Waals surface area contributed by atoms with Gasteiger partial charge in [-0.25, -0.2) is 4.79 Å². The highest BCUT2D eigenvalue weighted by molar-refractivity contribution is 5.86. The fraction of sp³-hybridized carbons (Fsp3) is 0.600. The molecule has 0 saturated carbocycles. The van der Waals surface area contributed by atoms with E-state index in [1.165, 1.54) is 18.2 Å². The zero-order chi connectivity index (χ0) is 18.0. The minimum Gasteiger partial charge on any atom is -0.453 e. The van der Waals surface area contributed by atoms with Gasteiger partial charge in [-0.15, -0.1) is 0 Å². The summed E-state index contributed by atoms with van der Waals surface area (Å²) in [6.45, 7) is 5.09. The Balaban J connectivity index is 1.80. The molecule has 0 radical (unpaired) electrons. The lowest BCUT2D eigenvalue weighted by Crippen LogP contribution is -2.54. The smallest absolute Gasteiger partial charge is 0.407 e. The van der Waals surface area contributed by atoms with Gasteiger partial charge < -0.3 is 15.0 Å². The van der Waals surface area contributed by atoms with Crippen LogP contribution in [0.25, 0.3) is 0 Å². The van der Waals surface area contributed by atoms with Crippen LogP contribution in [0, 0.1) is 11.8 Å². The molecule has 1 N–H and O–H groups in total. The van der Waals surface area contributed by atoms with Crippen LogP contribution in [0.15, 0.2) is 24.3 Å². The first-order valence-electron chi connectivity index (χ1n) is 9.23. The predicted molar refractivity (Wildman–Crippen MR) is 96.2 cm³/mol. The van der Waals surface area contributed by atoms with Crippen molar-refractivity contribution < 1.29 is 14.3 Å². The first-order chi connectivity index (χ1) is 12.0. The summed E-state index contributed by atoms with van der Waals surface area (Å²) in [5, 5.41) is 2.83. The van der Waals surface area contributed by atoms with E-state index in [1.54, 1.807) is 0 Å². The second-order valence-electron chi connectivity index (χ2n) is 7.54. The highest BCUT2D eigenvalue weighted by Gasteiger charge is 2.40. The van der Waals surface area contributed by atoms with Gasteiger partial charge in [0.25, 0.3) is 0 Å². The van der Waals surface area contributed by atoms with Crippen molar-refractivity contribution in [1.82, 2.24) is 10.2 Å². The molecule has 1 saturated heterocycles. The molecule has 2 atom stereocenters. The van der Waals surface area contributed by atoms with Crippen molar-refractivity contribution in [2.45, 2.75) is 51.6 Å². The third-order valence-electron chi connectivity index (χ3n) is 5.63. The maximum Gasteiger partial charge on any atom is 0.407 e. The Morgan fingerprint density at radius 3 is 2.40 bits per heavy atom. The number of ether oxygens (including phenoxy) is 1. The average molecular weight is 344 g/mol. The van der Waals surface area contributed by atoms with Gasteiger partial charge in [-0.3, -0.25) is 4.79 Å². The van der Waals surface area contributed by atoms with E-state index in [1.807, 2.05) is 17.0 Å². The molecular formula is C20H28N2O3. The van der Waals surface area contributed by atoms with Crippen molar-refractivity contribution >= 4 is 12.0 Å². The second-order valence-corrected chi connectivity index (χ2v) is 7.54. The highest BCUT2D eigenvalue weighted by Crippen LogP contribution is 2.31. The van der Waals surface area contributed by atoms with E-state index < -0.39 is 12.1 Å². The van der Waals surface area contributed by atoms with Crippen LogP contribution in [-0.4, -0.2) is 42.6 Å². The van der Waals surface area contributed by atoms with Gasteiger partial charge in [-0.2, -0.15) is 0 Å². The Labute approximate surface area is 149 Å². The van der Waals surface area contributed by atoms with E-state index in [2.05, 4.69) is 31.3 Å². The molecule has 5 heteroatoms. The van der Waals surface area contributed by atoms with Crippen LogP contribution in [0.5, 0.6) is 0 Å². The fourth-order valence-electron chi connectivity index (χ4n) is 4.33. The molecule has 1 fully saturated rings. The van der Waals surface area contributed by atoms with Gasteiger partial charge in [0.05, 0.1) is 7.11 Å². The zero-order valence-electron chi connectivity index (χ0n) is 15.3. The van der Waals surface area contributed by atoms with E-state index >= 15 is 0 Å². The number of likely N-dealkylation sites (tertiary alicyclic amines) is 1. The first-order valence-corrected chi connectivity index (χ1v) is 9.23. The lowest BCUT2D eigenvalue weighted by Gasteiger charge is -2.33. The standard InChI is InChI=1S/C20H28N2O3/c1-13(2)17-9-6-10-22(17)19(23)18(21-20(24)25-3)16-11-14-7-4-5-8-15(14)12-16/h4-5,7-8,13,16-18H,6,9-12H2,1-3H3,(H,21,24)/t17?,18-/m0/s1. The Bertz CT molecular complexity index is 619. The lowest BCUT2D eigenvalue weighted by molar-refractivity contribution is -0.136. The van der Waals surface area contributed by atoms with Gasteiger partial charge in [0.1, 0.15) is 6.04 Å². The second kappa shape index (κ2) is 7.46. The quantitative estimate of drug-likeness (QED) is 0.914. The summed E-state index contributed by atoms with van der Waals surface area (Å²) in [5.74, 6) is 0.544. The van der Waals surface area contributed by atoms with Crippen molar-refractivity contribution in [1.29, 1.82) is 0 Å². The number of amides is 2. The molecule has 1 aliphatic heterocycles. The molecule has 25 heavy (non-hydrogen) atoms. The summed E-state index contributed by atoms with van der Waals surface area (Å²) in [5.41, 5.74) is 2.55. The Morgan fingerprint density at radius 1 is 1.20 bits per heavy atom. The average Bonchev–Trinajstić information content (AvgIpc) is 3.25. The SMILES string of the molecule is COC(=O)N[C@H](C(=O)N1CCCC1C(C)C)C1Cc2ccccc2C1. The molecule has 0 spiro atoms. The molecule has 1 heterocycles. The van der Waals surface area contributed by atoms with Crippen LogP contribution in [0.1, 0.15) is 37.8 Å². The van der Waals surface area contributed by atoms with Gasteiger partial charge >= 0.3 is 6.09 Å². The number of benzene rings is 1. The van der Waals surface area contributed by atoms with E-state index in [4.69, 9.17) is 4.74 Å². The van der Waals surface area contributed by atoms with Gasteiger partial charge in [0.15, 0.2) is 0 Å². The molecule has 2 amide bonds. The molecule has 1 aromatic rings. The molecule has 2 aliphatic rings. The number of rotatable bonds is 4. The Kier molecular flexibility index (Phi) is 5.30. The number of carbonyl (C=O) groups is 2. The number of alkyl carbamates (subject to hydrolysis) is 1. The van der Waals surface area contributed by atoms with Crippen molar-refractivity contribution in [3.63, 3.8) is 0 Å².